The predicted molar refractivity (Wildman–Crippen MR) is 106 cm³/mol. The van der Waals surface area contributed by atoms with Crippen molar-refractivity contribution >= 4 is 11.6 Å². The quantitative estimate of drug-likeness (QED) is 0.618. The molecule has 1 aliphatic rings. The highest BCUT2D eigenvalue weighted by molar-refractivity contribution is 5.80. The van der Waals surface area contributed by atoms with Gasteiger partial charge in [-0.15, -0.1) is 0 Å². The van der Waals surface area contributed by atoms with Gasteiger partial charge in [-0.05, 0) is 39.0 Å². The maximum absolute atomic E-state index is 13.0. The largest absolute Gasteiger partial charge is 0.444 e. The third-order valence-corrected chi connectivity index (χ3v) is 4.89. The van der Waals surface area contributed by atoms with Gasteiger partial charge < -0.3 is 19.5 Å². The molecule has 0 saturated carbocycles. The van der Waals surface area contributed by atoms with Gasteiger partial charge >= 0.3 is 6.18 Å². The average Bonchev–Trinajstić information content (AvgIpc) is 3.02. The molecule has 0 bridgehead atoms. The number of anilines is 1. The molecule has 0 amide bonds. The lowest BCUT2D eigenvalue weighted by Crippen LogP contribution is -2.52. The summed E-state index contributed by atoms with van der Waals surface area (Å²) in [6.45, 7) is 9.36. The highest BCUT2D eigenvalue weighted by Crippen LogP contribution is 2.31. The maximum Gasteiger partial charge on any atom is 0.416 e. The van der Waals surface area contributed by atoms with Crippen molar-refractivity contribution in [2.24, 2.45) is 4.99 Å². The predicted octanol–water partition coefficient (Wildman–Crippen LogP) is 3.60. The molecule has 6 nitrogen and oxygen atoms in total. The van der Waals surface area contributed by atoms with E-state index in [1.807, 2.05) is 25.7 Å². The molecule has 29 heavy (non-hydrogen) atoms. The molecule has 1 aromatic heterocycles. The van der Waals surface area contributed by atoms with Crippen LogP contribution in [0, 0.1) is 13.8 Å². The SMILES string of the molecule is CCNC(=NCc1nc(C)c(C)o1)N1CCN(c2cccc(C(F)(F)F)c2)CC1. The van der Waals surface area contributed by atoms with Gasteiger partial charge in [-0.1, -0.05) is 6.07 Å². The molecule has 1 fully saturated rings. The van der Waals surface area contributed by atoms with Crippen LogP contribution in [0.1, 0.15) is 29.8 Å². The van der Waals surface area contributed by atoms with Crippen LogP contribution in [0.25, 0.3) is 0 Å². The van der Waals surface area contributed by atoms with Gasteiger partial charge in [0.2, 0.25) is 5.89 Å². The number of aryl methyl sites for hydroxylation is 2. The lowest BCUT2D eigenvalue weighted by molar-refractivity contribution is -0.137. The number of halogens is 3. The van der Waals surface area contributed by atoms with Crippen LogP contribution < -0.4 is 10.2 Å². The average molecular weight is 409 g/mol. The highest BCUT2D eigenvalue weighted by Gasteiger charge is 2.31. The van der Waals surface area contributed by atoms with Gasteiger partial charge in [-0.2, -0.15) is 13.2 Å². The number of hydrogen-bond acceptors (Lipinski definition) is 4. The fourth-order valence-electron chi connectivity index (χ4n) is 3.23. The Hall–Kier alpha value is -2.71. The lowest BCUT2D eigenvalue weighted by atomic mass is 10.1. The summed E-state index contributed by atoms with van der Waals surface area (Å²) in [5.41, 5.74) is 0.825. The Bertz CT molecular complexity index is 835. The minimum Gasteiger partial charge on any atom is -0.444 e. The molecular formula is C20H26F3N5O. The fourth-order valence-corrected chi connectivity index (χ4v) is 3.23. The van der Waals surface area contributed by atoms with E-state index < -0.39 is 11.7 Å². The molecular weight excluding hydrogens is 383 g/mol. The number of alkyl halides is 3. The summed E-state index contributed by atoms with van der Waals surface area (Å²) in [5.74, 6) is 2.11. The Labute approximate surface area is 168 Å². The van der Waals surface area contributed by atoms with Gasteiger partial charge in [0.15, 0.2) is 5.96 Å². The molecule has 0 aliphatic carbocycles. The topological polar surface area (TPSA) is 56.9 Å². The van der Waals surface area contributed by atoms with Gasteiger partial charge in [0, 0.05) is 38.4 Å². The lowest BCUT2D eigenvalue weighted by Gasteiger charge is -2.37. The number of oxazole rings is 1. The number of piperazine rings is 1. The van der Waals surface area contributed by atoms with E-state index in [-0.39, 0.29) is 0 Å². The minimum atomic E-state index is -4.33. The number of aromatic nitrogens is 1. The van der Waals surface area contributed by atoms with Crippen LogP contribution in [0.3, 0.4) is 0 Å². The second kappa shape index (κ2) is 8.75. The summed E-state index contributed by atoms with van der Waals surface area (Å²) in [6.07, 6.45) is -4.33. The second-order valence-electron chi connectivity index (χ2n) is 6.94. The van der Waals surface area contributed by atoms with E-state index in [2.05, 4.69) is 20.2 Å². The van der Waals surface area contributed by atoms with Crippen LogP contribution in [0.4, 0.5) is 18.9 Å². The second-order valence-corrected chi connectivity index (χ2v) is 6.94. The van der Waals surface area contributed by atoms with Crippen molar-refractivity contribution in [1.29, 1.82) is 0 Å². The Kier molecular flexibility index (Phi) is 6.34. The standard InChI is InChI=1S/C20H26F3N5O/c1-4-24-19(25-13-18-26-14(2)15(3)29-18)28-10-8-27(9-11-28)17-7-5-6-16(12-17)20(21,22)23/h5-7,12H,4,8-11,13H2,1-3H3,(H,24,25). The molecule has 0 unspecified atom stereocenters. The first-order chi connectivity index (χ1) is 13.8. The molecule has 9 heteroatoms. The Morgan fingerprint density at radius 1 is 1.21 bits per heavy atom. The minimum absolute atomic E-state index is 0.338. The van der Waals surface area contributed by atoms with Gasteiger partial charge in [0.05, 0.1) is 11.3 Å². The zero-order valence-corrected chi connectivity index (χ0v) is 16.9. The maximum atomic E-state index is 13.0. The zero-order valence-electron chi connectivity index (χ0n) is 16.9. The first-order valence-corrected chi connectivity index (χ1v) is 9.66. The van der Waals surface area contributed by atoms with Crippen LogP contribution in [0.5, 0.6) is 0 Å². The van der Waals surface area contributed by atoms with E-state index in [0.717, 1.165) is 30.0 Å². The van der Waals surface area contributed by atoms with Crippen molar-refractivity contribution in [2.45, 2.75) is 33.5 Å². The third-order valence-electron chi connectivity index (χ3n) is 4.89. The molecule has 0 atom stereocenters. The van der Waals surface area contributed by atoms with Gasteiger partial charge in [-0.3, -0.25) is 0 Å². The Morgan fingerprint density at radius 3 is 2.52 bits per heavy atom. The van der Waals surface area contributed by atoms with Crippen molar-refractivity contribution in [2.75, 3.05) is 37.6 Å². The summed E-state index contributed by atoms with van der Waals surface area (Å²) in [4.78, 5) is 13.0. The first-order valence-electron chi connectivity index (χ1n) is 9.66. The van der Waals surface area contributed by atoms with Crippen LogP contribution in [-0.2, 0) is 12.7 Å². The molecule has 1 aromatic carbocycles. The highest BCUT2D eigenvalue weighted by atomic mass is 19.4. The molecule has 0 spiro atoms. The van der Waals surface area contributed by atoms with Crippen molar-refractivity contribution in [3.8, 4) is 0 Å². The van der Waals surface area contributed by atoms with Gasteiger partial charge in [0.1, 0.15) is 12.3 Å². The molecule has 1 saturated heterocycles. The smallest absolute Gasteiger partial charge is 0.416 e. The number of rotatable bonds is 4. The summed E-state index contributed by atoms with van der Waals surface area (Å²) < 4.78 is 44.5. The van der Waals surface area contributed by atoms with E-state index >= 15 is 0 Å². The number of guanidine groups is 1. The van der Waals surface area contributed by atoms with E-state index in [1.54, 1.807) is 6.07 Å². The summed E-state index contributed by atoms with van der Waals surface area (Å²) in [5, 5.41) is 3.27. The van der Waals surface area contributed by atoms with E-state index in [9.17, 15) is 13.2 Å². The summed E-state index contributed by atoms with van der Waals surface area (Å²) >= 11 is 0. The number of nitrogens with zero attached hydrogens (tertiary/aromatic N) is 4. The van der Waals surface area contributed by atoms with E-state index in [4.69, 9.17) is 4.42 Å². The van der Waals surface area contributed by atoms with Gasteiger partial charge in [-0.25, -0.2) is 9.98 Å². The molecule has 2 aromatic rings. The summed E-state index contributed by atoms with van der Waals surface area (Å²) in [6, 6.07) is 5.48. The normalized spacial score (nSPS) is 15.7. The van der Waals surface area contributed by atoms with Crippen molar-refractivity contribution < 1.29 is 17.6 Å². The van der Waals surface area contributed by atoms with Crippen molar-refractivity contribution in [3.05, 3.63) is 47.2 Å². The Balaban J connectivity index is 1.65. The van der Waals surface area contributed by atoms with Crippen molar-refractivity contribution in [3.63, 3.8) is 0 Å². The van der Waals surface area contributed by atoms with E-state index in [1.165, 1.54) is 12.1 Å². The first kappa shape index (κ1) is 21.0. The molecule has 0 radical (unpaired) electrons. The molecule has 1 N–H and O–H groups in total. The van der Waals surface area contributed by atoms with Gasteiger partial charge in [0.25, 0.3) is 0 Å². The van der Waals surface area contributed by atoms with Crippen LogP contribution >= 0.6 is 0 Å². The number of benzene rings is 1. The third kappa shape index (κ3) is 5.21. The monoisotopic (exact) mass is 409 g/mol. The molecule has 3 rings (SSSR count). The number of hydrogen-bond donors (Lipinski definition) is 1. The van der Waals surface area contributed by atoms with Crippen LogP contribution in [-0.4, -0.2) is 48.6 Å². The van der Waals surface area contributed by atoms with Crippen LogP contribution in [0.2, 0.25) is 0 Å². The molecule has 158 valence electrons. The van der Waals surface area contributed by atoms with Crippen molar-refractivity contribution in [1.82, 2.24) is 15.2 Å². The molecule has 2 heterocycles. The molecule has 1 aliphatic heterocycles. The van der Waals surface area contributed by atoms with E-state index in [0.29, 0.717) is 44.3 Å². The van der Waals surface area contributed by atoms with Crippen LogP contribution in [0.15, 0.2) is 33.7 Å². The fraction of sp³-hybridized carbons (Fsp3) is 0.500. The Morgan fingerprint density at radius 2 is 1.93 bits per heavy atom. The summed E-state index contributed by atoms with van der Waals surface area (Å²) in [7, 11) is 0. The zero-order chi connectivity index (χ0) is 21.0. The number of nitrogens with one attached hydrogen (secondary N) is 1. The number of aliphatic imine (C=N–C) groups is 1.